The van der Waals surface area contributed by atoms with E-state index in [1.54, 1.807) is 6.07 Å². The van der Waals surface area contributed by atoms with Crippen LogP contribution in [0, 0.1) is 0 Å². The number of anilines is 1. The summed E-state index contributed by atoms with van der Waals surface area (Å²) in [6.45, 7) is 2.99. The quantitative estimate of drug-likeness (QED) is 0.879. The van der Waals surface area contributed by atoms with Crippen molar-refractivity contribution in [3.8, 4) is 5.75 Å². The summed E-state index contributed by atoms with van der Waals surface area (Å²) in [7, 11) is 0. The monoisotopic (exact) mass is 253 g/mol. The van der Waals surface area contributed by atoms with Crippen molar-refractivity contribution in [2.75, 3.05) is 11.9 Å². The maximum Gasteiger partial charge on any atom is 0.190 e. The molecule has 0 fully saturated rings. The maximum atomic E-state index is 12.0. The van der Waals surface area contributed by atoms with Crippen molar-refractivity contribution in [1.29, 1.82) is 0 Å². The van der Waals surface area contributed by atoms with Gasteiger partial charge in [0.1, 0.15) is 5.75 Å². The zero-order valence-electron chi connectivity index (χ0n) is 10.7. The number of hydrogen-bond acceptors (Lipinski definition) is 3. The average Bonchev–Trinajstić information content (AvgIpc) is 2.42. The van der Waals surface area contributed by atoms with E-state index in [0.29, 0.717) is 5.56 Å². The highest BCUT2D eigenvalue weighted by Gasteiger charge is 2.20. The zero-order valence-corrected chi connectivity index (χ0v) is 10.7. The summed E-state index contributed by atoms with van der Waals surface area (Å²) in [6, 6.07) is 7.42. The molecule has 0 unspecified atom stereocenters. The van der Waals surface area contributed by atoms with E-state index < -0.39 is 0 Å². The first-order valence-electron chi connectivity index (χ1n) is 6.47. The lowest BCUT2D eigenvalue weighted by Crippen LogP contribution is -2.06. The molecule has 3 rings (SSSR count). The molecule has 0 spiro atoms. The second-order valence-electron chi connectivity index (χ2n) is 4.71. The summed E-state index contributed by atoms with van der Waals surface area (Å²) in [4.78, 5) is 12.0. The molecule has 0 aliphatic heterocycles. The first-order valence-corrected chi connectivity index (χ1v) is 6.47. The Balaban J connectivity index is 2.31. The number of hydrogen-bond donors (Lipinski definition) is 2. The molecular weight excluding hydrogens is 238 g/mol. The second-order valence-corrected chi connectivity index (χ2v) is 4.71. The van der Waals surface area contributed by atoms with Crippen LogP contribution in [-0.4, -0.2) is 17.4 Å². The van der Waals surface area contributed by atoms with Gasteiger partial charge in [-0.3, -0.25) is 4.79 Å². The standard InChI is InChI=1S/C16H15NO2/c1-2-9-17-12-6-3-10-4-7-13(18)16-14(19)8-5-11(12)15(10)16/h3-8,17-18H,2,9H2,1H3. The minimum Gasteiger partial charge on any atom is -0.507 e. The van der Waals surface area contributed by atoms with Crippen molar-refractivity contribution in [2.24, 2.45) is 0 Å². The molecule has 0 atom stereocenters. The van der Waals surface area contributed by atoms with Gasteiger partial charge in [-0.05, 0) is 36.1 Å². The van der Waals surface area contributed by atoms with E-state index in [1.165, 1.54) is 6.08 Å². The van der Waals surface area contributed by atoms with Crippen molar-refractivity contribution in [2.45, 2.75) is 13.3 Å². The summed E-state index contributed by atoms with van der Waals surface area (Å²) in [5.41, 5.74) is 2.40. The molecule has 1 aliphatic carbocycles. The van der Waals surface area contributed by atoms with Crippen molar-refractivity contribution in [3.63, 3.8) is 0 Å². The topological polar surface area (TPSA) is 49.3 Å². The summed E-state index contributed by atoms with van der Waals surface area (Å²) in [5, 5.41) is 15.1. The zero-order chi connectivity index (χ0) is 13.4. The van der Waals surface area contributed by atoms with Crippen LogP contribution in [0.25, 0.3) is 16.8 Å². The van der Waals surface area contributed by atoms with Crippen LogP contribution in [0.5, 0.6) is 5.75 Å². The van der Waals surface area contributed by atoms with Crippen molar-refractivity contribution in [1.82, 2.24) is 0 Å². The molecule has 0 aromatic heterocycles. The van der Waals surface area contributed by atoms with E-state index in [0.717, 1.165) is 35.0 Å². The Bertz CT molecular complexity index is 701. The fraction of sp³-hybridized carbons (Fsp3) is 0.188. The van der Waals surface area contributed by atoms with Gasteiger partial charge in [0, 0.05) is 23.2 Å². The molecule has 3 heteroatoms. The molecule has 0 bridgehead atoms. The van der Waals surface area contributed by atoms with Crippen LogP contribution in [0.1, 0.15) is 29.3 Å². The lowest BCUT2D eigenvalue weighted by Gasteiger charge is -2.17. The van der Waals surface area contributed by atoms with E-state index in [-0.39, 0.29) is 11.5 Å². The Hall–Kier alpha value is -2.29. The van der Waals surface area contributed by atoms with Crippen molar-refractivity contribution in [3.05, 3.63) is 41.5 Å². The van der Waals surface area contributed by atoms with Gasteiger partial charge in [-0.25, -0.2) is 0 Å². The third-order valence-corrected chi connectivity index (χ3v) is 3.42. The fourth-order valence-electron chi connectivity index (χ4n) is 2.51. The van der Waals surface area contributed by atoms with Crippen molar-refractivity contribution >= 4 is 28.3 Å². The number of allylic oxidation sites excluding steroid dienone is 1. The van der Waals surface area contributed by atoms with Gasteiger partial charge in [-0.2, -0.15) is 0 Å². The molecule has 0 amide bonds. The summed E-state index contributed by atoms with van der Waals surface area (Å²) >= 11 is 0. The Kier molecular flexibility index (Phi) is 2.75. The average molecular weight is 253 g/mol. The molecule has 19 heavy (non-hydrogen) atoms. The van der Waals surface area contributed by atoms with Crippen LogP contribution >= 0.6 is 0 Å². The van der Waals surface area contributed by atoms with Crippen LogP contribution in [0.2, 0.25) is 0 Å². The molecule has 2 aromatic rings. The molecule has 2 N–H and O–H groups in total. The summed E-state index contributed by atoms with van der Waals surface area (Å²) in [6.07, 6.45) is 4.38. The summed E-state index contributed by atoms with van der Waals surface area (Å²) in [5.74, 6) is -0.0843. The Morgan fingerprint density at radius 3 is 2.74 bits per heavy atom. The number of rotatable bonds is 3. The van der Waals surface area contributed by atoms with Crippen LogP contribution in [0.4, 0.5) is 5.69 Å². The molecule has 0 heterocycles. The van der Waals surface area contributed by atoms with Crippen LogP contribution in [0.3, 0.4) is 0 Å². The fourth-order valence-corrected chi connectivity index (χ4v) is 2.51. The molecule has 0 saturated carbocycles. The Labute approximate surface area is 111 Å². The van der Waals surface area contributed by atoms with Gasteiger partial charge in [-0.15, -0.1) is 0 Å². The van der Waals surface area contributed by atoms with Gasteiger partial charge in [-0.1, -0.05) is 19.1 Å². The molecule has 2 aromatic carbocycles. The molecular formula is C16H15NO2. The molecule has 1 aliphatic rings. The van der Waals surface area contributed by atoms with Gasteiger partial charge >= 0.3 is 0 Å². The SMILES string of the molecule is CCCNc1ccc2ccc(O)c3c2c1C=CC3=O. The van der Waals surface area contributed by atoms with Crippen molar-refractivity contribution < 1.29 is 9.90 Å². The minimum atomic E-state index is -0.136. The molecule has 0 saturated heterocycles. The maximum absolute atomic E-state index is 12.0. The Morgan fingerprint density at radius 1 is 1.16 bits per heavy atom. The predicted octanol–water partition coefficient (Wildman–Crippen LogP) is 3.58. The number of phenols is 1. The molecule has 3 nitrogen and oxygen atoms in total. The molecule has 0 radical (unpaired) electrons. The number of aromatic hydroxyl groups is 1. The number of benzene rings is 2. The highest BCUT2D eigenvalue weighted by molar-refractivity contribution is 6.22. The number of carbonyl (C=O) groups excluding carboxylic acids is 1. The normalized spacial score (nSPS) is 13.0. The minimum absolute atomic E-state index is 0.0516. The molecule has 96 valence electrons. The van der Waals surface area contributed by atoms with E-state index in [4.69, 9.17) is 0 Å². The lowest BCUT2D eigenvalue weighted by atomic mass is 9.90. The Morgan fingerprint density at radius 2 is 1.95 bits per heavy atom. The highest BCUT2D eigenvalue weighted by Crippen LogP contribution is 2.37. The number of phenolic OH excluding ortho intramolecular Hbond substituents is 1. The van der Waals surface area contributed by atoms with E-state index >= 15 is 0 Å². The smallest absolute Gasteiger partial charge is 0.190 e. The van der Waals surface area contributed by atoms with Crippen LogP contribution < -0.4 is 5.32 Å². The van der Waals surface area contributed by atoms with E-state index in [9.17, 15) is 9.90 Å². The first-order chi connectivity index (χ1) is 9.22. The van der Waals surface area contributed by atoms with Crippen LogP contribution in [0.15, 0.2) is 30.3 Å². The lowest BCUT2D eigenvalue weighted by molar-refractivity contribution is 0.104. The van der Waals surface area contributed by atoms with Gasteiger partial charge in [0.15, 0.2) is 5.78 Å². The van der Waals surface area contributed by atoms with Gasteiger partial charge in [0.05, 0.1) is 5.56 Å². The highest BCUT2D eigenvalue weighted by atomic mass is 16.3. The largest absolute Gasteiger partial charge is 0.507 e. The second kappa shape index (κ2) is 4.43. The number of carbonyl (C=O) groups is 1. The first kappa shape index (κ1) is 11.8. The number of ketones is 1. The van der Waals surface area contributed by atoms with Gasteiger partial charge < -0.3 is 10.4 Å². The predicted molar refractivity (Wildman–Crippen MR) is 77.8 cm³/mol. The van der Waals surface area contributed by atoms with Gasteiger partial charge in [0.25, 0.3) is 0 Å². The third-order valence-electron chi connectivity index (χ3n) is 3.42. The van der Waals surface area contributed by atoms with E-state index in [2.05, 4.69) is 12.2 Å². The summed E-state index contributed by atoms with van der Waals surface area (Å²) < 4.78 is 0. The third kappa shape index (κ3) is 1.78. The van der Waals surface area contributed by atoms with E-state index in [1.807, 2.05) is 24.3 Å². The number of nitrogens with one attached hydrogen (secondary N) is 1. The van der Waals surface area contributed by atoms with Gasteiger partial charge in [0.2, 0.25) is 0 Å². The van der Waals surface area contributed by atoms with Crippen LogP contribution in [-0.2, 0) is 0 Å².